The molecule has 5 nitrogen and oxygen atoms in total. The number of ether oxygens (including phenoxy) is 2. The molecule has 0 fully saturated rings. The molecule has 0 unspecified atom stereocenters. The van der Waals surface area contributed by atoms with Gasteiger partial charge in [0.05, 0.1) is 13.2 Å². The van der Waals surface area contributed by atoms with Gasteiger partial charge in [0.1, 0.15) is 11.6 Å². The van der Waals surface area contributed by atoms with Crippen molar-refractivity contribution in [1.82, 2.24) is 0 Å². The zero-order valence-corrected chi connectivity index (χ0v) is 16.3. The number of halogens is 1. The van der Waals surface area contributed by atoms with Crippen molar-refractivity contribution >= 4 is 33.6 Å². The maximum absolute atomic E-state index is 12.3. The Hall–Kier alpha value is -2.78. The highest BCUT2D eigenvalue weighted by Crippen LogP contribution is 2.29. The van der Waals surface area contributed by atoms with Crippen molar-refractivity contribution in [2.45, 2.75) is 20.0 Å². The van der Waals surface area contributed by atoms with E-state index < -0.39 is 5.91 Å². The molecule has 0 radical (unpaired) electrons. The first-order valence-corrected chi connectivity index (χ1v) is 8.75. The first-order chi connectivity index (χ1) is 12.4. The Labute approximate surface area is 161 Å². The van der Waals surface area contributed by atoms with E-state index in [-0.39, 0.29) is 11.7 Å². The van der Waals surface area contributed by atoms with Gasteiger partial charge in [-0.05, 0) is 61.9 Å². The summed E-state index contributed by atoms with van der Waals surface area (Å²) in [6, 6.07) is 14.3. The van der Waals surface area contributed by atoms with Crippen LogP contribution >= 0.6 is 15.9 Å². The molecule has 26 heavy (non-hydrogen) atoms. The largest absolute Gasteiger partial charge is 0.493 e. The van der Waals surface area contributed by atoms with Gasteiger partial charge >= 0.3 is 0 Å². The van der Waals surface area contributed by atoms with Crippen LogP contribution in [0.15, 0.2) is 52.5 Å². The Morgan fingerprint density at radius 1 is 1.19 bits per heavy atom. The third kappa shape index (κ3) is 5.36. The summed E-state index contributed by atoms with van der Waals surface area (Å²) in [7, 11) is 1.54. The number of amides is 1. The van der Waals surface area contributed by atoms with E-state index in [4.69, 9.17) is 9.47 Å². The van der Waals surface area contributed by atoms with E-state index in [1.165, 1.54) is 6.08 Å². The molecule has 0 saturated carbocycles. The number of nitriles is 1. The number of nitrogens with one attached hydrogen (secondary N) is 1. The number of carbonyl (C=O) groups is 1. The van der Waals surface area contributed by atoms with Crippen LogP contribution in [0.25, 0.3) is 6.08 Å². The van der Waals surface area contributed by atoms with Gasteiger partial charge in [-0.15, -0.1) is 0 Å². The predicted octanol–water partition coefficient (Wildman–Crippen LogP) is 4.79. The minimum Gasteiger partial charge on any atom is -0.493 e. The Morgan fingerprint density at radius 2 is 1.88 bits per heavy atom. The third-order valence-corrected chi connectivity index (χ3v) is 3.86. The summed E-state index contributed by atoms with van der Waals surface area (Å²) in [6.45, 7) is 3.85. The van der Waals surface area contributed by atoms with Crippen molar-refractivity contribution in [3.05, 3.63) is 58.1 Å². The number of methoxy groups -OCH3 is 1. The van der Waals surface area contributed by atoms with Crippen LogP contribution in [0, 0.1) is 11.3 Å². The summed E-state index contributed by atoms with van der Waals surface area (Å²) < 4.78 is 11.9. The van der Waals surface area contributed by atoms with Gasteiger partial charge in [0.2, 0.25) is 0 Å². The zero-order valence-electron chi connectivity index (χ0n) is 14.7. The van der Waals surface area contributed by atoms with Gasteiger partial charge in [-0.2, -0.15) is 5.26 Å². The average Bonchev–Trinajstić information content (AvgIpc) is 2.62. The van der Waals surface area contributed by atoms with Crippen LogP contribution in [0.1, 0.15) is 19.4 Å². The van der Waals surface area contributed by atoms with Gasteiger partial charge in [0.25, 0.3) is 5.91 Å². The molecule has 0 aliphatic rings. The van der Waals surface area contributed by atoms with E-state index in [0.29, 0.717) is 22.7 Å². The number of rotatable bonds is 6. The molecule has 0 spiro atoms. The summed E-state index contributed by atoms with van der Waals surface area (Å²) in [4.78, 5) is 12.3. The number of anilines is 1. The molecule has 0 aliphatic carbocycles. The van der Waals surface area contributed by atoms with Gasteiger partial charge in [-0.3, -0.25) is 4.79 Å². The van der Waals surface area contributed by atoms with E-state index >= 15 is 0 Å². The molecular formula is C20H19BrN2O3. The van der Waals surface area contributed by atoms with Gasteiger partial charge in [-0.1, -0.05) is 22.0 Å². The highest BCUT2D eigenvalue weighted by atomic mass is 79.9. The maximum atomic E-state index is 12.3. The molecule has 0 heterocycles. The van der Waals surface area contributed by atoms with Crippen LogP contribution < -0.4 is 14.8 Å². The molecule has 6 heteroatoms. The lowest BCUT2D eigenvalue weighted by atomic mass is 10.1. The number of nitrogens with zero attached hydrogens (tertiary/aromatic N) is 1. The minimum atomic E-state index is -0.476. The molecule has 0 atom stereocenters. The summed E-state index contributed by atoms with van der Waals surface area (Å²) in [6.07, 6.45) is 1.52. The first kappa shape index (κ1) is 19.5. The summed E-state index contributed by atoms with van der Waals surface area (Å²) in [5.74, 6) is 0.673. The lowest BCUT2D eigenvalue weighted by Gasteiger charge is -2.13. The Kier molecular flexibility index (Phi) is 6.81. The number of benzene rings is 2. The number of carbonyl (C=O) groups excluding carboxylic acids is 1. The van der Waals surface area contributed by atoms with Gasteiger partial charge in [0, 0.05) is 10.2 Å². The molecule has 1 N–H and O–H groups in total. The van der Waals surface area contributed by atoms with E-state index in [2.05, 4.69) is 21.2 Å². The fourth-order valence-electron chi connectivity index (χ4n) is 2.17. The van der Waals surface area contributed by atoms with Crippen LogP contribution in [0.2, 0.25) is 0 Å². The lowest BCUT2D eigenvalue weighted by molar-refractivity contribution is -0.112. The monoisotopic (exact) mass is 414 g/mol. The summed E-state index contributed by atoms with van der Waals surface area (Å²) in [5.41, 5.74) is 1.27. The van der Waals surface area contributed by atoms with E-state index in [0.717, 1.165) is 4.47 Å². The van der Waals surface area contributed by atoms with Crippen molar-refractivity contribution < 1.29 is 14.3 Å². The second-order valence-corrected chi connectivity index (χ2v) is 6.62. The Morgan fingerprint density at radius 3 is 2.46 bits per heavy atom. The van der Waals surface area contributed by atoms with E-state index in [9.17, 15) is 10.1 Å². The molecule has 134 valence electrons. The van der Waals surface area contributed by atoms with Gasteiger partial charge in [0.15, 0.2) is 11.5 Å². The molecule has 0 aliphatic heterocycles. The molecule has 2 aromatic rings. The van der Waals surface area contributed by atoms with Crippen molar-refractivity contribution in [1.29, 1.82) is 5.26 Å². The van der Waals surface area contributed by atoms with Crippen LogP contribution in [-0.4, -0.2) is 19.1 Å². The van der Waals surface area contributed by atoms with Crippen LogP contribution in [0.5, 0.6) is 11.5 Å². The fraction of sp³-hybridized carbons (Fsp3) is 0.200. The van der Waals surface area contributed by atoms with Crippen molar-refractivity contribution in [2.24, 2.45) is 0 Å². The van der Waals surface area contributed by atoms with Crippen molar-refractivity contribution in [2.75, 3.05) is 12.4 Å². The van der Waals surface area contributed by atoms with Crippen molar-refractivity contribution in [3.8, 4) is 17.6 Å². The molecular weight excluding hydrogens is 396 g/mol. The number of hydrogen-bond acceptors (Lipinski definition) is 4. The van der Waals surface area contributed by atoms with Crippen molar-refractivity contribution in [3.63, 3.8) is 0 Å². The Bertz CT molecular complexity index is 852. The predicted molar refractivity (Wildman–Crippen MR) is 105 cm³/mol. The van der Waals surface area contributed by atoms with Crippen LogP contribution in [0.3, 0.4) is 0 Å². The normalized spacial score (nSPS) is 11.0. The quantitative estimate of drug-likeness (QED) is 0.544. The van der Waals surface area contributed by atoms with Crippen LogP contribution in [0.4, 0.5) is 5.69 Å². The smallest absolute Gasteiger partial charge is 0.266 e. The van der Waals surface area contributed by atoms with Gasteiger partial charge < -0.3 is 14.8 Å². The lowest BCUT2D eigenvalue weighted by Crippen LogP contribution is -2.13. The minimum absolute atomic E-state index is 0.00694. The zero-order chi connectivity index (χ0) is 19.1. The highest BCUT2D eigenvalue weighted by molar-refractivity contribution is 9.10. The third-order valence-electron chi connectivity index (χ3n) is 3.33. The second-order valence-electron chi connectivity index (χ2n) is 5.71. The number of hydrogen-bond donors (Lipinski definition) is 1. The molecule has 0 aromatic heterocycles. The first-order valence-electron chi connectivity index (χ1n) is 7.96. The molecule has 1 amide bonds. The van der Waals surface area contributed by atoms with Crippen LogP contribution in [-0.2, 0) is 4.79 Å². The standard InChI is InChI=1S/C20H19BrN2O3/c1-13(2)26-18-9-4-14(11-19(18)25-3)10-15(12-22)20(24)23-17-7-5-16(21)6-8-17/h4-11,13H,1-3H3,(H,23,24)/b15-10+. The SMILES string of the molecule is COc1cc(/C=C(\C#N)C(=O)Nc2ccc(Br)cc2)ccc1OC(C)C. The van der Waals surface area contributed by atoms with E-state index in [1.807, 2.05) is 32.0 Å². The Balaban J connectivity index is 2.23. The topological polar surface area (TPSA) is 71.3 Å². The molecule has 0 saturated heterocycles. The van der Waals surface area contributed by atoms with E-state index in [1.54, 1.807) is 37.4 Å². The fourth-order valence-corrected chi connectivity index (χ4v) is 2.44. The molecule has 2 aromatic carbocycles. The average molecular weight is 415 g/mol. The molecule has 2 rings (SSSR count). The molecule has 0 bridgehead atoms. The van der Waals surface area contributed by atoms with Gasteiger partial charge in [-0.25, -0.2) is 0 Å². The second kappa shape index (κ2) is 9.07. The summed E-state index contributed by atoms with van der Waals surface area (Å²) in [5, 5.41) is 12.0. The highest BCUT2D eigenvalue weighted by Gasteiger charge is 2.11. The summed E-state index contributed by atoms with van der Waals surface area (Å²) >= 11 is 3.33. The maximum Gasteiger partial charge on any atom is 0.266 e.